The van der Waals surface area contributed by atoms with Gasteiger partial charge in [-0.05, 0) is 49.2 Å². The highest BCUT2D eigenvalue weighted by atomic mass is 16.5. The van der Waals surface area contributed by atoms with Crippen LogP contribution in [0.5, 0.6) is 23.0 Å². The number of nitrogens with one attached hydrogen (secondary N) is 2. The number of unbranched alkanes of at least 4 members (excludes halogenated alkanes) is 3. The van der Waals surface area contributed by atoms with Crippen LogP contribution in [0, 0.1) is 0 Å². The summed E-state index contributed by atoms with van der Waals surface area (Å²) in [5.74, 6) is 2.03. The van der Waals surface area contributed by atoms with E-state index in [-0.39, 0.29) is 18.2 Å². The van der Waals surface area contributed by atoms with E-state index in [1.807, 2.05) is 47.2 Å². The number of ether oxygens (including phenoxy) is 4. The van der Waals surface area contributed by atoms with Crippen molar-refractivity contribution in [1.82, 2.24) is 10.0 Å². The van der Waals surface area contributed by atoms with Crippen molar-refractivity contribution in [3.63, 3.8) is 0 Å². The number of carbonyl (C=O) groups excluding carboxylic acids is 2. The van der Waals surface area contributed by atoms with Gasteiger partial charge in [-0.3, -0.25) is 14.8 Å². The van der Waals surface area contributed by atoms with Gasteiger partial charge in [0.25, 0.3) is 0 Å². The summed E-state index contributed by atoms with van der Waals surface area (Å²) in [5, 5.41) is 12.3. The second-order valence-corrected chi connectivity index (χ2v) is 8.46. The van der Waals surface area contributed by atoms with Gasteiger partial charge < -0.3 is 28.8 Å². The zero-order valence-electron chi connectivity index (χ0n) is 21.5. The molecule has 10 heteroatoms. The van der Waals surface area contributed by atoms with E-state index in [1.54, 1.807) is 26.8 Å². The first-order valence-corrected chi connectivity index (χ1v) is 12.2. The molecule has 37 heavy (non-hydrogen) atoms. The largest absolute Gasteiger partial charge is 0.493 e. The Morgan fingerprint density at radius 2 is 1.54 bits per heavy atom. The van der Waals surface area contributed by atoms with E-state index in [1.165, 1.54) is 0 Å². The summed E-state index contributed by atoms with van der Waals surface area (Å²) in [4.78, 5) is 23.1. The zero-order chi connectivity index (χ0) is 26.6. The van der Waals surface area contributed by atoms with Crippen molar-refractivity contribution in [2.24, 2.45) is 0 Å². The van der Waals surface area contributed by atoms with Gasteiger partial charge in [0.05, 0.1) is 33.4 Å². The van der Waals surface area contributed by atoms with E-state index in [9.17, 15) is 9.59 Å². The molecule has 0 aliphatic carbocycles. The van der Waals surface area contributed by atoms with E-state index in [0.717, 1.165) is 30.2 Å². The number of aromatic nitrogens is 1. The van der Waals surface area contributed by atoms with Crippen LogP contribution in [0.3, 0.4) is 0 Å². The van der Waals surface area contributed by atoms with Crippen LogP contribution in [0.15, 0.2) is 42.6 Å². The molecule has 3 rings (SSSR count). The molecule has 0 fully saturated rings. The first kappa shape index (κ1) is 27.7. The van der Waals surface area contributed by atoms with Crippen LogP contribution in [0.4, 0.5) is 5.69 Å². The number of benzene rings is 2. The maximum atomic E-state index is 12.2. The molecule has 0 aliphatic heterocycles. The second-order valence-electron chi connectivity index (χ2n) is 8.46. The molecule has 0 bridgehead atoms. The number of hydrogen-bond donors (Lipinski definition) is 3. The Hall–Kier alpha value is -3.92. The van der Waals surface area contributed by atoms with Gasteiger partial charge in [-0.25, -0.2) is 5.48 Å². The van der Waals surface area contributed by atoms with Gasteiger partial charge in [-0.15, -0.1) is 0 Å². The Balaban J connectivity index is 1.46. The summed E-state index contributed by atoms with van der Waals surface area (Å²) in [7, 11) is 4.78. The fraction of sp³-hybridized carbons (Fsp3) is 0.407. The number of amides is 2. The molecule has 0 atom stereocenters. The van der Waals surface area contributed by atoms with Crippen molar-refractivity contribution in [2.75, 3.05) is 33.3 Å². The number of anilines is 1. The number of methoxy groups -OCH3 is 3. The highest BCUT2D eigenvalue weighted by Crippen LogP contribution is 2.43. The Morgan fingerprint density at radius 3 is 2.16 bits per heavy atom. The molecule has 0 saturated carbocycles. The van der Waals surface area contributed by atoms with Crippen molar-refractivity contribution in [3.05, 3.63) is 42.6 Å². The van der Waals surface area contributed by atoms with E-state index in [0.29, 0.717) is 54.7 Å². The lowest BCUT2D eigenvalue weighted by atomic mass is 10.1. The zero-order valence-corrected chi connectivity index (χ0v) is 21.5. The number of fused-ring (bicyclic) bond motifs is 1. The molecule has 10 nitrogen and oxygen atoms in total. The van der Waals surface area contributed by atoms with Gasteiger partial charge in [-0.2, -0.15) is 0 Å². The average Bonchev–Trinajstić information content (AvgIpc) is 3.32. The number of hydrogen-bond acceptors (Lipinski definition) is 7. The van der Waals surface area contributed by atoms with Gasteiger partial charge >= 0.3 is 0 Å². The van der Waals surface area contributed by atoms with Crippen molar-refractivity contribution in [2.45, 2.75) is 45.1 Å². The third kappa shape index (κ3) is 7.53. The van der Waals surface area contributed by atoms with E-state index >= 15 is 0 Å². The van der Waals surface area contributed by atoms with Crippen LogP contribution in [0.1, 0.15) is 38.5 Å². The van der Waals surface area contributed by atoms with Crippen molar-refractivity contribution >= 4 is 28.4 Å². The van der Waals surface area contributed by atoms with E-state index in [4.69, 9.17) is 24.2 Å². The summed E-state index contributed by atoms with van der Waals surface area (Å²) in [5.41, 5.74) is 3.22. The Kier molecular flexibility index (Phi) is 10.5. The molecule has 3 aromatic rings. The minimum Gasteiger partial charge on any atom is -0.493 e. The van der Waals surface area contributed by atoms with Crippen molar-refractivity contribution in [3.8, 4) is 23.0 Å². The average molecular weight is 514 g/mol. The molecule has 0 unspecified atom stereocenters. The molecular weight excluding hydrogens is 478 g/mol. The SMILES string of the molecule is COc1cc2ccn(CCOc3ccc(NC(=O)CCCCCCC(=O)NO)cc3)c2c(OC)c1OC. The van der Waals surface area contributed by atoms with Gasteiger partial charge in [-0.1, -0.05) is 12.8 Å². The fourth-order valence-corrected chi connectivity index (χ4v) is 4.11. The Labute approximate surface area is 216 Å². The third-order valence-corrected chi connectivity index (χ3v) is 5.98. The van der Waals surface area contributed by atoms with Gasteiger partial charge in [0, 0.05) is 30.1 Å². The maximum absolute atomic E-state index is 12.2. The topological polar surface area (TPSA) is 120 Å². The highest BCUT2D eigenvalue weighted by Gasteiger charge is 2.18. The highest BCUT2D eigenvalue weighted by molar-refractivity contribution is 5.91. The molecule has 0 aliphatic rings. The summed E-state index contributed by atoms with van der Waals surface area (Å²) < 4.78 is 24.5. The summed E-state index contributed by atoms with van der Waals surface area (Å²) in [6, 6.07) is 11.2. The molecule has 2 aromatic carbocycles. The summed E-state index contributed by atoms with van der Waals surface area (Å²) in [6.07, 6.45) is 5.78. The number of hydroxylamine groups is 1. The predicted molar refractivity (Wildman–Crippen MR) is 140 cm³/mol. The molecule has 1 aromatic heterocycles. The smallest absolute Gasteiger partial charge is 0.243 e. The van der Waals surface area contributed by atoms with Crippen LogP contribution in [0.2, 0.25) is 0 Å². The Bertz CT molecular complexity index is 1170. The van der Waals surface area contributed by atoms with Gasteiger partial charge in [0.2, 0.25) is 17.6 Å². The van der Waals surface area contributed by atoms with Crippen molar-refractivity contribution in [1.29, 1.82) is 0 Å². The lowest BCUT2D eigenvalue weighted by Crippen LogP contribution is -2.17. The molecular formula is C27H35N3O7. The monoisotopic (exact) mass is 513 g/mol. The normalized spacial score (nSPS) is 10.7. The van der Waals surface area contributed by atoms with Gasteiger partial charge in [0.1, 0.15) is 12.4 Å². The van der Waals surface area contributed by atoms with E-state index in [2.05, 4.69) is 5.32 Å². The molecule has 3 N–H and O–H groups in total. The third-order valence-electron chi connectivity index (χ3n) is 5.98. The van der Waals surface area contributed by atoms with Gasteiger partial charge in [0.15, 0.2) is 11.5 Å². The molecule has 2 amide bonds. The summed E-state index contributed by atoms with van der Waals surface area (Å²) >= 11 is 0. The fourth-order valence-electron chi connectivity index (χ4n) is 4.11. The molecule has 0 radical (unpaired) electrons. The quantitative estimate of drug-likeness (QED) is 0.155. The molecule has 0 spiro atoms. The number of rotatable bonds is 15. The Morgan fingerprint density at radius 1 is 0.865 bits per heavy atom. The summed E-state index contributed by atoms with van der Waals surface area (Å²) in [6.45, 7) is 1.03. The minimum absolute atomic E-state index is 0.0535. The van der Waals surface area contributed by atoms with Crippen LogP contribution >= 0.6 is 0 Å². The predicted octanol–water partition coefficient (Wildman–Crippen LogP) is 4.53. The van der Waals surface area contributed by atoms with Crippen LogP contribution in [-0.4, -0.2) is 49.5 Å². The molecule has 1 heterocycles. The molecule has 0 saturated heterocycles. The number of carbonyl (C=O) groups is 2. The molecule has 200 valence electrons. The minimum atomic E-state index is -0.384. The van der Waals surface area contributed by atoms with Crippen molar-refractivity contribution < 1.29 is 33.7 Å². The van der Waals surface area contributed by atoms with Crippen LogP contribution < -0.4 is 29.7 Å². The first-order valence-electron chi connectivity index (χ1n) is 12.2. The van der Waals surface area contributed by atoms with E-state index < -0.39 is 0 Å². The van der Waals surface area contributed by atoms with Crippen LogP contribution in [0.25, 0.3) is 10.9 Å². The van der Waals surface area contributed by atoms with Crippen LogP contribution in [-0.2, 0) is 16.1 Å². The second kappa shape index (κ2) is 14.0. The lowest BCUT2D eigenvalue weighted by Gasteiger charge is -2.15. The lowest BCUT2D eigenvalue weighted by molar-refractivity contribution is -0.129. The first-order chi connectivity index (χ1) is 18.0. The maximum Gasteiger partial charge on any atom is 0.243 e. The standard InChI is InChI=1S/C27H35N3O7/c1-34-22-18-19-14-15-30(25(19)27(36-3)26(22)35-2)16-17-37-21-12-10-20(11-13-21)28-23(31)8-6-4-5-7-9-24(32)29-33/h10-15,18,33H,4-9,16-17H2,1-3H3,(H,28,31)(H,29,32). The number of nitrogens with zero attached hydrogens (tertiary/aromatic N) is 1.